The summed E-state index contributed by atoms with van der Waals surface area (Å²) in [4.78, 5) is 4.26. The van der Waals surface area contributed by atoms with Crippen molar-refractivity contribution in [2.45, 2.75) is 6.92 Å². The summed E-state index contributed by atoms with van der Waals surface area (Å²) in [6, 6.07) is 9.74. The molecule has 19 heavy (non-hydrogen) atoms. The second kappa shape index (κ2) is 4.83. The van der Waals surface area contributed by atoms with Gasteiger partial charge < -0.3 is 10.5 Å². The van der Waals surface area contributed by atoms with Crippen molar-refractivity contribution in [3.8, 4) is 11.5 Å². The number of thiazole rings is 1. The minimum absolute atomic E-state index is 0.584. The van der Waals surface area contributed by atoms with Gasteiger partial charge in [0, 0.05) is 4.47 Å². The summed E-state index contributed by atoms with van der Waals surface area (Å²) in [5.41, 5.74) is 10.3. The number of anilines is 1. The fourth-order valence-electron chi connectivity index (χ4n) is 1.87. The SMILES string of the molecule is Cc1cc(Br)ccc1Oc1ccc2scnc2c1N. The Morgan fingerprint density at radius 1 is 1.21 bits per heavy atom. The van der Waals surface area contributed by atoms with E-state index in [2.05, 4.69) is 20.9 Å². The molecule has 0 aliphatic rings. The van der Waals surface area contributed by atoms with E-state index in [1.165, 1.54) is 0 Å². The first-order valence-electron chi connectivity index (χ1n) is 5.71. The molecule has 0 atom stereocenters. The Labute approximate surface area is 123 Å². The molecule has 2 N–H and O–H groups in total. The van der Waals surface area contributed by atoms with Gasteiger partial charge in [-0.2, -0.15) is 0 Å². The van der Waals surface area contributed by atoms with Crippen LogP contribution in [0.4, 0.5) is 5.69 Å². The van der Waals surface area contributed by atoms with Crippen molar-refractivity contribution in [2.75, 3.05) is 5.73 Å². The molecule has 1 aromatic heterocycles. The van der Waals surface area contributed by atoms with Crippen molar-refractivity contribution in [3.05, 3.63) is 45.9 Å². The van der Waals surface area contributed by atoms with Crippen molar-refractivity contribution in [1.82, 2.24) is 4.98 Å². The number of nitrogens with zero attached hydrogens (tertiary/aromatic N) is 1. The number of ether oxygens (including phenoxy) is 1. The Hall–Kier alpha value is -1.59. The van der Waals surface area contributed by atoms with Crippen LogP contribution in [0, 0.1) is 6.92 Å². The molecular formula is C14H11BrN2OS. The molecule has 96 valence electrons. The highest BCUT2D eigenvalue weighted by molar-refractivity contribution is 9.10. The zero-order valence-corrected chi connectivity index (χ0v) is 12.6. The molecule has 0 aliphatic carbocycles. The predicted octanol–water partition coefficient (Wildman–Crippen LogP) is 4.74. The number of fused-ring (bicyclic) bond motifs is 1. The zero-order chi connectivity index (χ0) is 13.4. The largest absolute Gasteiger partial charge is 0.455 e. The molecule has 0 bridgehead atoms. The molecule has 1 heterocycles. The van der Waals surface area contributed by atoms with Gasteiger partial charge in [-0.15, -0.1) is 11.3 Å². The average molecular weight is 335 g/mol. The Morgan fingerprint density at radius 3 is 2.79 bits per heavy atom. The minimum Gasteiger partial charge on any atom is -0.455 e. The lowest BCUT2D eigenvalue weighted by molar-refractivity contribution is 0.482. The first-order chi connectivity index (χ1) is 9.15. The maximum atomic E-state index is 6.10. The van der Waals surface area contributed by atoms with E-state index in [-0.39, 0.29) is 0 Å². The number of halogens is 1. The number of benzene rings is 2. The first-order valence-corrected chi connectivity index (χ1v) is 7.38. The van der Waals surface area contributed by atoms with Crippen LogP contribution < -0.4 is 10.5 Å². The zero-order valence-electron chi connectivity index (χ0n) is 10.2. The number of hydrogen-bond donors (Lipinski definition) is 1. The Bertz CT molecular complexity index is 754. The second-order valence-electron chi connectivity index (χ2n) is 4.19. The van der Waals surface area contributed by atoms with E-state index < -0.39 is 0 Å². The number of nitrogen functional groups attached to an aromatic ring is 1. The van der Waals surface area contributed by atoms with Gasteiger partial charge in [0.2, 0.25) is 0 Å². The summed E-state index contributed by atoms with van der Waals surface area (Å²) < 4.78 is 7.99. The van der Waals surface area contributed by atoms with Gasteiger partial charge >= 0.3 is 0 Å². The third-order valence-corrected chi connectivity index (χ3v) is 4.15. The first kappa shape index (κ1) is 12.4. The van der Waals surface area contributed by atoms with Gasteiger partial charge in [-0.1, -0.05) is 15.9 Å². The molecule has 3 nitrogen and oxygen atoms in total. The molecule has 3 rings (SSSR count). The monoisotopic (exact) mass is 334 g/mol. The Balaban J connectivity index is 2.03. The topological polar surface area (TPSA) is 48.1 Å². The van der Waals surface area contributed by atoms with E-state index in [0.717, 1.165) is 26.0 Å². The highest BCUT2D eigenvalue weighted by Crippen LogP contribution is 2.35. The van der Waals surface area contributed by atoms with Crippen LogP contribution in [0.5, 0.6) is 11.5 Å². The van der Waals surface area contributed by atoms with Gasteiger partial charge in [-0.05, 0) is 42.8 Å². The lowest BCUT2D eigenvalue weighted by atomic mass is 10.2. The van der Waals surface area contributed by atoms with Crippen LogP contribution >= 0.6 is 27.3 Å². The summed E-state index contributed by atoms with van der Waals surface area (Å²) in [7, 11) is 0. The number of rotatable bonds is 2. The summed E-state index contributed by atoms with van der Waals surface area (Å²) in [6.45, 7) is 2.00. The van der Waals surface area contributed by atoms with Crippen LogP contribution in [0.3, 0.4) is 0 Å². The van der Waals surface area contributed by atoms with E-state index >= 15 is 0 Å². The summed E-state index contributed by atoms with van der Waals surface area (Å²) in [5, 5.41) is 0. The minimum atomic E-state index is 0.584. The highest BCUT2D eigenvalue weighted by atomic mass is 79.9. The number of aromatic nitrogens is 1. The third-order valence-electron chi connectivity index (χ3n) is 2.86. The molecule has 0 aliphatic heterocycles. The lowest BCUT2D eigenvalue weighted by Gasteiger charge is -2.11. The van der Waals surface area contributed by atoms with E-state index in [1.807, 2.05) is 37.3 Å². The quantitative estimate of drug-likeness (QED) is 0.688. The third kappa shape index (κ3) is 2.31. The Kier molecular flexibility index (Phi) is 3.16. The van der Waals surface area contributed by atoms with Crippen LogP contribution in [-0.2, 0) is 0 Å². The molecule has 5 heteroatoms. The maximum absolute atomic E-state index is 6.10. The average Bonchev–Trinajstić information content (AvgIpc) is 2.85. The summed E-state index contributed by atoms with van der Waals surface area (Å²) in [5.74, 6) is 1.44. The van der Waals surface area contributed by atoms with Crippen LogP contribution in [0.15, 0.2) is 40.3 Å². The molecule has 3 aromatic rings. The molecular weight excluding hydrogens is 324 g/mol. The van der Waals surface area contributed by atoms with E-state index in [1.54, 1.807) is 16.8 Å². The molecule has 0 spiro atoms. The van der Waals surface area contributed by atoms with Crippen molar-refractivity contribution in [2.24, 2.45) is 0 Å². The molecule has 0 radical (unpaired) electrons. The van der Waals surface area contributed by atoms with Gasteiger partial charge in [-0.25, -0.2) is 4.98 Å². The van der Waals surface area contributed by atoms with Gasteiger partial charge in [0.25, 0.3) is 0 Å². The van der Waals surface area contributed by atoms with Gasteiger partial charge in [0.1, 0.15) is 17.0 Å². The van der Waals surface area contributed by atoms with Crippen LogP contribution in [0.1, 0.15) is 5.56 Å². The predicted molar refractivity (Wildman–Crippen MR) is 83.0 cm³/mol. The van der Waals surface area contributed by atoms with Crippen molar-refractivity contribution in [1.29, 1.82) is 0 Å². The smallest absolute Gasteiger partial charge is 0.152 e. The van der Waals surface area contributed by atoms with Crippen LogP contribution in [0.25, 0.3) is 10.2 Å². The molecule has 0 amide bonds. The molecule has 0 saturated carbocycles. The lowest BCUT2D eigenvalue weighted by Crippen LogP contribution is -1.94. The van der Waals surface area contributed by atoms with E-state index in [4.69, 9.17) is 10.5 Å². The number of hydrogen-bond acceptors (Lipinski definition) is 4. The van der Waals surface area contributed by atoms with Crippen LogP contribution in [0.2, 0.25) is 0 Å². The highest BCUT2D eigenvalue weighted by Gasteiger charge is 2.10. The maximum Gasteiger partial charge on any atom is 0.152 e. The fraction of sp³-hybridized carbons (Fsp3) is 0.0714. The fourth-order valence-corrected chi connectivity index (χ4v) is 3.04. The van der Waals surface area contributed by atoms with Crippen molar-refractivity contribution < 1.29 is 4.74 Å². The second-order valence-corrected chi connectivity index (χ2v) is 5.99. The van der Waals surface area contributed by atoms with E-state index in [9.17, 15) is 0 Å². The van der Waals surface area contributed by atoms with Gasteiger partial charge in [-0.3, -0.25) is 0 Å². The van der Waals surface area contributed by atoms with E-state index in [0.29, 0.717) is 11.4 Å². The standard InChI is InChI=1S/C14H11BrN2OS/c1-8-6-9(15)2-3-10(8)18-11-4-5-12-14(13(11)16)17-7-19-12/h2-7H,16H2,1H3. The molecule has 2 aromatic carbocycles. The van der Waals surface area contributed by atoms with Gasteiger partial charge in [0.15, 0.2) is 5.75 Å². The van der Waals surface area contributed by atoms with Gasteiger partial charge in [0.05, 0.1) is 10.2 Å². The van der Waals surface area contributed by atoms with Crippen LogP contribution in [-0.4, -0.2) is 4.98 Å². The van der Waals surface area contributed by atoms with Crippen molar-refractivity contribution >= 4 is 43.2 Å². The number of nitrogens with two attached hydrogens (primary N) is 1. The number of aryl methyl sites for hydroxylation is 1. The summed E-state index contributed by atoms with van der Waals surface area (Å²) >= 11 is 5.00. The summed E-state index contributed by atoms with van der Waals surface area (Å²) in [6.07, 6.45) is 0. The molecule has 0 fully saturated rings. The molecule has 0 saturated heterocycles. The normalized spacial score (nSPS) is 10.8. The van der Waals surface area contributed by atoms with Crippen molar-refractivity contribution in [3.63, 3.8) is 0 Å². The Morgan fingerprint density at radius 2 is 2.00 bits per heavy atom. The molecule has 0 unspecified atom stereocenters.